The molecule has 2 atom stereocenters. The van der Waals surface area contributed by atoms with Gasteiger partial charge in [0.05, 0.1) is 29.1 Å². The summed E-state index contributed by atoms with van der Waals surface area (Å²) in [5.41, 5.74) is 7.17. The van der Waals surface area contributed by atoms with Crippen LogP contribution in [0.5, 0.6) is 0 Å². The van der Waals surface area contributed by atoms with Gasteiger partial charge in [0.1, 0.15) is 23.8 Å². The van der Waals surface area contributed by atoms with Crippen LogP contribution in [-0.2, 0) is 6.54 Å². The second-order valence-corrected chi connectivity index (χ2v) is 9.09. The van der Waals surface area contributed by atoms with Crippen molar-refractivity contribution in [1.29, 1.82) is 0 Å². The minimum atomic E-state index is -0.522. The van der Waals surface area contributed by atoms with E-state index in [1.54, 1.807) is 12.1 Å². The molecule has 0 radical (unpaired) electrons. The molecule has 4 aromatic rings. The average Bonchev–Trinajstić information content (AvgIpc) is 3.35. The molecule has 0 saturated heterocycles. The molecule has 5 rings (SSSR count). The van der Waals surface area contributed by atoms with Crippen LogP contribution in [0.4, 0.5) is 14.5 Å². The van der Waals surface area contributed by atoms with Crippen LogP contribution in [0.25, 0.3) is 10.8 Å². The summed E-state index contributed by atoms with van der Waals surface area (Å²) in [6.45, 7) is 8.90. The second-order valence-electron chi connectivity index (χ2n) is 9.09. The molecule has 2 aromatic carbocycles. The van der Waals surface area contributed by atoms with Gasteiger partial charge in [-0.3, -0.25) is 4.79 Å². The molecular formula is C27H33F2N7O. The van der Waals surface area contributed by atoms with Gasteiger partial charge >= 0.3 is 0 Å². The summed E-state index contributed by atoms with van der Waals surface area (Å²) in [6, 6.07) is 8.09. The number of anilines is 1. The number of benzene rings is 2. The van der Waals surface area contributed by atoms with Crippen LogP contribution < -0.4 is 16.6 Å². The van der Waals surface area contributed by atoms with Gasteiger partial charge in [-0.15, -0.1) is 0 Å². The molecule has 0 saturated carbocycles. The van der Waals surface area contributed by atoms with Crippen LogP contribution in [0.2, 0.25) is 0 Å². The van der Waals surface area contributed by atoms with E-state index in [0.717, 1.165) is 18.4 Å². The summed E-state index contributed by atoms with van der Waals surface area (Å²) in [5.74, 6) is -0.689. The molecule has 10 heteroatoms. The number of hydrogen-bond donors (Lipinski definition) is 2. The first-order chi connectivity index (χ1) is 17.9. The number of aromatic nitrogens is 5. The van der Waals surface area contributed by atoms with E-state index >= 15 is 0 Å². The zero-order valence-electron chi connectivity index (χ0n) is 21.6. The van der Waals surface area contributed by atoms with Gasteiger partial charge < -0.3 is 11.1 Å². The summed E-state index contributed by atoms with van der Waals surface area (Å²) >= 11 is 0. The maximum atomic E-state index is 14.6. The van der Waals surface area contributed by atoms with Gasteiger partial charge in [0.15, 0.2) is 0 Å². The predicted molar refractivity (Wildman–Crippen MR) is 141 cm³/mol. The summed E-state index contributed by atoms with van der Waals surface area (Å²) in [6.07, 6.45) is 3.16. The van der Waals surface area contributed by atoms with Crippen LogP contribution in [-0.4, -0.2) is 31.1 Å². The van der Waals surface area contributed by atoms with E-state index in [1.165, 1.54) is 35.3 Å². The lowest BCUT2D eigenvalue weighted by molar-refractivity contribution is 0.465. The van der Waals surface area contributed by atoms with E-state index in [-0.39, 0.29) is 22.8 Å². The molecule has 2 aromatic heterocycles. The van der Waals surface area contributed by atoms with Gasteiger partial charge in [-0.1, -0.05) is 26.0 Å². The molecule has 0 bridgehead atoms. The summed E-state index contributed by atoms with van der Waals surface area (Å²) in [4.78, 5) is 17.8. The first-order valence-corrected chi connectivity index (χ1v) is 12.7. The number of unbranched alkanes of at least 4 members (excludes halogenated alkanes) is 1. The molecule has 0 spiro atoms. The Kier molecular flexibility index (Phi) is 7.97. The Balaban J connectivity index is 0.00000156. The third-order valence-electron chi connectivity index (χ3n) is 6.42. The Labute approximate surface area is 214 Å². The van der Waals surface area contributed by atoms with Gasteiger partial charge in [0.25, 0.3) is 5.56 Å². The Morgan fingerprint density at radius 3 is 2.49 bits per heavy atom. The van der Waals surface area contributed by atoms with Crippen molar-refractivity contribution in [3.8, 4) is 0 Å². The fraction of sp³-hybridized carbons (Fsp3) is 0.407. The zero-order chi connectivity index (χ0) is 26.7. The maximum Gasteiger partial charge on any atom is 0.275 e. The van der Waals surface area contributed by atoms with Crippen LogP contribution >= 0.6 is 0 Å². The maximum absolute atomic E-state index is 14.6. The summed E-state index contributed by atoms with van der Waals surface area (Å²) in [7, 11) is 0. The first-order valence-electron chi connectivity index (χ1n) is 12.7. The lowest BCUT2D eigenvalue weighted by Gasteiger charge is -2.34. The number of halogens is 2. The Bertz CT molecular complexity index is 1430. The third-order valence-corrected chi connectivity index (χ3v) is 6.42. The monoisotopic (exact) mass is 509 g/mol. The van der Waals surface area contributed by atoms with Gasteiger partial charge in [-0.25, -0.2) is 23.1 Å². The van der Waals surface area contributed by atoms with E-state index in [4.69, 9.17) is 10.8 Å². The van der Waals surface area contributed by atoms with Crippen molar-refractivity contribution in [3.05, 3.63) is 81.8 Å². The van der Waals surface area contributed by atoms with E-state index in [1.807, 2.05) is 32.4 Å². The molecule has 3 heterocycles. The highest BCUT2D eigenvalue weighted by Gasteiger charge is 2.38. The van der Waals surface area contributed by atoms with Crippen molar-refractivity contribution >= 4 is 16.5 Å². The van der Waals surface area contributed by atoms with Crippen molar-refractivity contribution in [1.82, 2.24) is 24.5 Å². The quantitative estimate of drug-likeness (QED) is 0.343. The number of nitrogens with zero attached hydrogens (tertiary/aromatic N) is 5. The predicted octanol–water partition coefficient (Wildman–Crippen LogP) is 4.91. The van der Waals surface area contributed by atoms with Crippen LogP contribution in [0.1, 0.15) is 75.6 Å². The van der Waals surface area contributed by atoms with Crippen molar-refractivity contribution in [2.45, 2.75) is 65.1 Å². The second kappa shape index (κ2) is 11.2. The average molecular weight is 510 g/mol. The molecule has 196 valence electrons. The largest absolute Gasteiger partial charge is 0.376 e. The first kappa shape index (κ1) is 26.4. The lowest BCUT2D eigenvalue weighted by Crippen LogP contribution is -2.34. The normalized spacial score (nSPS) is 16.4. The number of hydrogen-bond acceptors (Lipinski definition) is 6. The zero-order valence-corrected chi connectivity index (χ0v) is 21.6. The minimum absolute atomic E-state index is 0.239. The lowest BCUT2D eigenvalue weighted by atomic mass is 9.83. The van der Waals surface area contributed by atoms with E-state index in [0.29, 0.717) is 35.7 Å². The molecule has 1 aliphatic rings. The molecule has 0 amide bonds. The molecule has 8 nitrogen and oxygen atoms in total. The van der Waals surface area contributed by atoms with Crippen LogP contribution in [0, 0.1) is 11.6 Å². The van der Waals surface area contributed by atoms with Crippen LogP contribution in [0.15, 0.2) is 47.5 Å². The molecule has 37 heavy (non-hydrogen) atoms. The number of rotatable bonds is 7. The molecule has 1 aliphatic heterocycles. The fourth-order valence-electron chi connectivity index (χ4n) is 4.79. The highest BCUT2D eigenvalue weighted by molar-refractivity contribution is 5.97. The highest BCUT2D eigenvalue weighted by Crippen LogP contribution is 2.46. The molecular weight excluding hydrogens is 476 g/mol. The van der Waals surface area contributed by atoms with Gasteiger partial charge in [0.2, 0.25) is 0 Å². The van der Waals surface area contributed by atoms with E-state index in [9.17, 15) is 13.6 Å². The van der Waals surface area contributed by atoms with Crippen molar-refractivity contribution in [2.24, 2.45) is 5.73 Å². The Hall–Kier alpha value is -3.66. The summed E-state index contributed by atoms with van der Waals surface area (Å²) < 4.78 is 31.6. The highest BCUT2D eigenvalue weighted by atomic mass is 19.1. The number of nitrogens with one attached hydrogen (secondary N) is 1. The Morgan fingerprint density at radius 2 is 1.81 bits per heavy atom. The van der Waals surface area contributed by atoms with Crippen molar-refractivity contribution in [3.63, 3.8) is 0 Å². The van der Waals surface area contributed by atoms with Crippen molar-refractivity contribution in [2.75, 3.05) is 11.9 Å². The van der Waals surface area contributed by atoms with Crippen LogP contribution in [0.3, 0.4) is 0 Å². The number of aryl methyl sites for hydroxylation is 1. The SMILES string of the molecule is CC.CC(C)n1nc2c3c(cc(F)cc3c1=O)NC(c1ccc(F)cc1)C2c1ncnn1CCCCN. The van der Waals surface area contributed by atoms with Gasteiger partial charge in [0, 0.05) is 17.6 Å². The molecule has 2 unspecified atom stereocenters. The standard InChI is InChI=1S/C25H27F2N7O.C2H6/c1-14(2)34-25(35)18-11-17(27)12-19-20(18)23(32-34)21(22(31-19)15-5-7-16(26)8-6-15)24-29-13-30-33(24)10-4-3-9-28;1-2/h5-8,11-14,21-22,31H,3-4,9-10,28H2,1-2H3;1-2H3. The third kappa shape index (κ3) is 4.98. The number of nitrogens with two attached hydrogens (primary N) is 1. The van der Waals surface area contributed by atoms with E-state index in [2.05, 4.69) is 15.4 Å². The Morgan fingerprint density at radius 1 is 1.08 bits per heavy atom. The smallest absolute Gasteiger partial charge is 0.275 e. The van der Waals surface area contributed by atoms with Gasteiger partial charge in [-0.2, -0.15) is 10.2 Å². The van der Waals surface area contributed by atoms with E-state index < -0.39 is 17.8 Å². The topological polar surface area (TPSA) is 104 Å². The van der Waals surface area contributed by atoms with Crippen molar-refractivity contribution < 1.29 is 8.78 Å². The minimum Gasteiger partial charge on any atom is -0.376 e. The molecule has 3 N–H and O–H groups in total. The van der Waals surface area contributed by atoms with Gasteiger partial charge in [-0.05, 0) is 63.1 Å². The summed E-state index contributed by atoms with van der Waals surface area (Å²) in [5, 5.41) is 13.4. The molecule has 0 fully saturated rings. The fourth-order valence-corrected chi connectivity index (χ4v) is 4.79. The molecule has 0 aliphatic carbocycles.